The van der Waals surface area contributed by atoms with Gasteiger partial charge < -0.3 is 10.1 Å². The maximum atomic E-state index is 13.7. The second-order valence-electron chi connectivity index (χ2n) is 4.96. The Morgan fingerprint density at radius 1 is 1.10 bits per heavy atom. The molecule has 0 aliphatic carbocycles. The van der Waals surface area contributed by atoms with Crippen LogP contribution in [0.25, 0.3) is 0 Å². The zero-order valence-corrected chi connectivity index (χ0v) is 12.4. The second-order valence-corrected chi connectivity index (χ2v) is 4.96. The summed E-state index contributed by atoms with van der Waals surface area (Å²) in [6, 6.07) is 4.05. The van der Waals surface area contributed by atoms with Crippen molar-refractivity contribution in [2.45, 2.75) is 45.6 Å². The van der Waals surface area contributed by atoms with Crippen molar-refractivity contribution in [3.8, 4) is 0 Å². The van der Waals surface area contributed by atoms with Crippen LogP contribution < -0.4 is 5.32 Å². The van der Waals surface area contributed by atoms with Gasteiger partial charge in [-0.3, -0.25) is 0 Å². The Morgan fingerprint density at radius 2 is 1.80 bits per heavy atom. The van der Waals surface area contributed by atoms with E-state index < -0.39 is 11.6 Å². The zero-order valence-electron chi connectivity index (χ0n) is 12.4. The van der Waals surface area contributed by atoms with E-state index in [1.165, 1.54) is 18.2 Å². The van der Waals surface area contributed by atoms with Crippen molar-refractivity contribution in [2.75, 3.05) is 19.8 Å². The van der Waals surface area contributed by atoms with E-state index in [9.17, 15) is 8.78 Å². The van der Waals surface area contributed by atoms with E-state index in [0.717, 1.165) is 32.4 Å². The summed E-state index contributed by atoms with van der Waals surface area (Å²) >= 11 is 0. The minimum Gasteiger partial charge on any atom is -0.381 e. The highest BCUT2D eigenvalue weighted by atomic mass is 19.1. The third-order valence-electron chi connectivity index (χ3n) is 3.15. The van der Waals surface area contributed by atoms with Crippen molar-refractivity contribution in [1.82, 2.24) is 5.32 Å². The Labute approximate surface area is 120 Å². The standard InChI is InChI=1S/C16H25F2NO/c1-3-9-19-13(8-11-20-10-4-2)12-14-15(17)6-5-7-16(14)18/h5-7,13,19H,3-4,8-12H2,1-2H3. The molecule has 0 saturated carbocycles. The first-order valence-electron chi connectivity index (χ1n) is 7.43. The fourth-order valence-corrected chi connectivity index (χ4v) is 2.07. The molecule has 1 N–H and O–H groups in total. The molecule has 0 aromatic heterocycles. The summed E-state index contributed by atoms with van der Waals surface area (Å²) in [6.07, 6.45) is 3.09. The largest absolute Gasteiger partial charge is 0.381 e. The molecule has 0 aliphatic heterocycles. The van der Waals surface area contributed by atoms with Gasteiger partial charge in [0.1, 0.15) is 11.6 Å². The van der Waals surface area contributed by atoms with Crippen LogP contribution >= 0.6 is 0 Å². The molecule has 1 unspecified atom stereocenters. The van der Waals surface area contributed by atoms with Crippen molar-refractivity contribution in [3.05, 3.63) is 35.4 Å². The first-order chi connectivity index (χ1) is 9.69. The maximum Gasteiger partial charge on any atom is 0.129 e. The number of rotatable bonds is 10. The molecule has 1 rings (SSSR count). The van der Waals surface area contributed by atoms with Crippen LogP contribution in [0, 0.1) is 11.6 Å². The van der Waals surface area contributed by atoms with E-state index in [1.807, 2.05) is 0 Å². The highest BCUT2D eigenvalue weighted by Crippen LogP contribution is 2.15. The van der Waals surface area contributed by atoms with Gasteiger partial charge >= 0.3 is 0 Å². The van der Waals surface area contributed by atoms with E-state index in [2.05, 4.69) is 19.2 Å². The SMILES string of the molecule is CCCNC(CCOCCC)Cc1c(F)cccc1F. The molecule has 0 amide bonds. The summed E-state index contributed by atoms with van der Waals surface area (Å²) in [5.41, 5.74) is 0.164. The van der Waals surface area contributed by atoms with Gasteiger partial charge in [-0.25, -0.2) is 8.78 Å². The smallest absolute Gasteiger partial charge is 0.129 e. The lowest BCUT2D eigenvalue weighted by Crippen LogP contribution is -2.33. The van der Waals surface area contributed by atoms with E-state index >= 15 is 0 Å². The van der Waals surface area contributed by atoms with Crippen molar-refractivity contribution in [2.24, 2.45) is 0 Å². The first kappa shape index (κ1) is 17.1. The summed E-state index contributed by atoms with van der Waals surface area (Å²) in [6.45, 7) is 6.32. The normalized spacial score (nSPS) is 12.6. The fourth-order valence-electron chi connectivity index (χ4n) is 2.07. The lowest BCUT2D eigenvalue weighted by atomic mass is 10.0. The van der Waals surface area contributed by atoms with E-state index in [-0.39, 0.29) is 11.6 Å². The quantitative estimate of drug-likeness (QED) is 0.662. The Bertz CT molecular complexity index is 364. The lowest BCUT2D eigenvalue weighted by molar-refractivity contribution is 0.124. The van der Waals surface area contributed by atoms with Crippen LogP contribution in [0.2, 0.25) is 0 Å². The Balaban J connectivity index is 2.58. The van der Waals surface area contributed by atoms with Crippen LogP contribution in [-0.4, -0.2) is 25.8 Å². The number of hydrogen-bond acceptors (Lipinski definition) is 2. The summed E-state index contributed by atoms with van der Waals surface area (Å²) in [5.74, 6) is -0.939. The molecule has 0 aliphatic rings. The highest BCUT2D eigenvalue weighted by molar-refractivity contribution is 5.20. The topological polar surface area (TPSA) is 21.3 Å². The van der Waals surface area contributed by atoms with Gasteiger partial charge in [-0.15, -0.1) is 0 Å². The van der Waals surface area contributed by atoms with Crippen molar-refractivity contribution >= 4 is 0 Å². The average molecular weight is 285 g/mol. The molecule has 1 atom stereocenters. The lowest BCUT2D eigenvalue weighted by Gasteiger charge is -2.19. The van der Waals surface area contributed by atoms with Crippen LogP contribution in [0.3, 0.4) is 0 Å². The minimum atomic E-state index is -0.470. The molecule has 0 radical (unpaired) electrons. The summed E-state index contributed by atoms with van der Waals surface area (Å²) < 4.78 is 32.8. The first-order valence-corrected chi connectivity index (χ1v) is 7.43. The second kappa shape index (κ2) is 9.83. The van der Waals surface area contributed by atoms with Gasteiger partial charge in [-0.1, -0.05) is 19.9 Å². The molecule has 1 aromatic carbocycles. The van der Waals surface area contributed by atoms with Gasteiger partial charge in [0.05, 0.1) is 0 Å². The number of ether oxygens (including phenoxy) is 1. The summed E-state index contributed by atoms with van der Waals surface area (Å²) in [4.78, 5) is 0. The van der Waals surface area contributed by atoms with Gasteiger partial charge in [0.15, 0.2) is 0 Å². The molecule has 2 nitrogen and oxygen atoms in total. The van der Waals surface area contributed by atoms with E-state index in [1.54, 1.807) is 0 Å². The Kier molecular flexibility index (Phi) is 8.38. The number of nitrogens with one attached hydrogen (secondary N) is 1. The van der Waals surface area contributed by atoms with Gasteiger partial charge in [0.2, 0.25) is 0 Å². The molecule has 20 heavy (non-hydrogen) atoms. The summed E-state index contributed by atoms with van der Waals surface area (Å²) in [5, 5.41) is 3.34. The van der Waals surface area contributed by atoms with E-state index in [4.69, 9.17) is 4.74 Å². The van der Waals surface area contributed by atoms with E-state index in [0.29, 0.717) is 13.0 Å². The number of benzene rings is 1. The molecule has 0 bridgehead atoms. The van der Waals surface area contributed by atoms with Gasteiger partial charge in [0.25, 0.3) is 0 Å². The maximum absolute atomic E-state index is 13.7. The zero-order chi connectivity index (χ0) is 14.8. The van der Waals surface area contributed by atoms with Crippen LogP contribution in [0.5, 0.6) is 0 Å². The van der Waals surface area contributed by atoms with Gasteiger partial charge in [-0.2, -0.15) is 0 Å². The van der Waals surface area contributed by atoms with Crippen LogP contribution in [0.1, 0.15) is 38.7 Å². The number of hydrogen-bond donors (Lipinski definition) is 1. The number of halogens is 2. The molecule has 4 heteroatoms. The average Bonchev–Trinajstić information content (AvgIpc) is 2.44. The predicted octanol–water partition coefficient (Wildman–Crippen LogP) is 3.69. The highest BCUT2D eigenvalue weighted by Gasteiger charge is 2.15. The molecule has 0 spiro atoms. The van der Waals surface area contributed by atoms with Crippen LogP contribution in [0.15, 0.2) is 18.2 Å². The Morgan fingerprint density at radius 3 is 2.40 bits per heavy atom. The van der Waals surface area contributed by atoms with Crippen molar-refractivity contribution in [1.29, 1.82) is 0 Å². The molecular formula is C16H25F2NO. The van der Waals surface area contributed by atoms with Crippen molar-refractivity contribution < 1.29 is 13.5 Å². The molecular weight excluding hydrogens is 260 g/mol. The van der Waals surface area contributed by atoms with Crippen LogP contribution in [-0.2, 0) is 11.2 Å². The molecule has 0 saturated heterocycles. The van der Waals surface area contributed by atoms with Crippen LogP contribution in [0.4, 0.5) is 8.78 Å². The molecule has 0 heterocycles. The minimum absolute atomic E-state index is 0.0400. The molecule has 114 valence electrons. The third kappa shape index (κ3) is 5.97. The van der Waals surface area contributed by atoms with Gasteiger partial charge in [-0.05, 0) is 44.4 Å². The van der Waals surface area contributed by atoms with Gasteiger partial charge in [0, 0.05) is 24.8 Å². The molecule has 0 fully saturated rings. The summed E-state index contributed by atoms with van der Waals surface area (Å²) in [7, 11) is 0. The fraction of sp³-hybridized carbons (Fsp3) is 0.625. The third-order valence-corrected chi connectivity index (χ3v) is 3.15. The molecule has 1 aromatic rings. The monoisotopic (exact) mass is 285 g/mol. The van der Waals surface area contributed by atoms with Crippen molar-refractivity contribution in [3.63, 3.8) is 0 Å². The Hall–Kier alpha value is -1.00. The predicted molar refractivity (Wildman–Crippen MR) is 77.9 cm³/mol.